The van der Waals surface area contributed by atoms with Crippen LogP contribution in [-0.2, 0) is 13.1 Å². The van der Waals surface area contributed by atoms with Gasteiger partial charge < -0.3 is 16.0 Å². The monoisotopic (exact) mass is 479 g/mol. The summed E-state index contributed by atoms with van der Waals surface area (Å²) in [6.45, 7) is 1.09. The van der Waals surface area contributed by atoms with E-state index >= 15 is 0 Å². The third kappa shape index (κ3) is 5.16. The van der Waals surface area contributed by atoms with Crippen molar-refractivity contribution < 1.29 is 4.79 Å². The number of amides is 1. The van der Waals surface area contributed by atoms with Crippen LogP contribution < -0.4 is 16.0 Å². The number of halogens is 1. The summed E-state index contributed by atoms with van der Waals surface area (Å²) in [5.74, 6) is 1.37. The molecule has 8 nitrogen and oxygen atoms in total. The Balaban J connectivity index is 0.00000261. The van der Waals surface area contributed by atoms with Crippen LogP contribution in [0, 0.1) is 0 Å². The summed E-state index contributed by atoms with van der Waals surface area (Å²) in [5.41, 5.74) is 2.49. The number of nitrogens with zero attached hydrogens (tertiary/aromatic N) is 4. The number of carbonyl (C=O) groups is 1. The van der Waals surface area contributed by atoms with Gasteiger partial charge in [0.15, 0.2) is 17.4 Å². The number of carbonyl (C=O) groups excluding carboxylic acids is 1. The number of rotatable bonds is 5. The average Bonchev–Trinajstić information content (AvgIpc) is 3.11. The highest BCUT2D eigenvalue weighted by atomic mass is 127. The number of pyridine rings is 1. The van der Waals surface area contributed by atoms with E-state index in [9.17, 15) is 4.79 Å². The third-order valence-electron chi connectivity index (χ3n) is 3.93. The zero-order chi connectivity index (χ0) is 18.4. The first-order valence-electron chi connectivity index (χ1n) is 8.25. The van der Waals surface area contributed by atoms with Crippen LogP contribution in [0.4, 0.5) is 0 Å². The lowest BCUT2D eigenvalue weighted by molar-refractivity contribution is 0.0963. The molecule has 1 aromatic carbocycles. The molecule has 0 atom stereocenters. The first-order valence-corrected chi connectivity index (χ1v) is 8.25. The van der Waals surface area contributed by atoms with E-state index in [2.05, 4.69) is 31.1 Å². The van der Waals surface area contributed by atoms with Gasteiger partial charge in [0.05, 0.1) is 6.54 Å². The minimum absolute atomic E-state index is 0. The lowest BCUT2D eigenvalue weighted by atomic mass is 10.1. The first kappa shape index (κ1) is 20.6. The molecule has 0 bridgehead atoms. The van der Waals surface area contributed by atoms with E-state index in [-0.39, 0.29) is 29.9 Å². The number of fused-ring (bicyclic) bond motifs is 1. The molecule has 3 rings (SSSR count). The summed E-state index contributed by atoms with van der Waals surface area (Å²) in [4.78, 5) is 15.8. The molecule has 0 aliphatic rings. The Labute approximate surface area is 174 Å². The van der Waals surface area contributed by atoms with Gasteiger partial charge in [0, 0.05) is 32.4 Å². The van der Waals surface area contributed by atoms with E-state index in [0.717, 1.165) is 17.0 Å². The summed E-state index contributed by atoms with van der Waals surface area (Å²) < 4.78 is 1.93. The van der Waals surface area contributed by atoms with E-state index < -0.39 is 0 Å². The van der Waals surface area contributed by atoms with Crippen LogP contribution in [0.25, 0.3) is 5.65 Å². The second-order valence-electron chi connectivity index (χ2n) is 5.60. The number of nitrogens with one attached hydrogen (secondary N) is 3. The largest absolute Gasteiger partial charge is 0.355 e. The van der Waals surface area contributed by atoms with Gasteiger partial charge in [-0.2, -0.15) is 0 Å². The zero-order valence-corrected chi connectivity index (χ0v) is 17.5. The molecule has 0 aliphatic carbocycles. The molecule has 9 heteroatoms. The van der Waals surface area contributed by atoms with Crippen LogP contribution in [0.1, 0.15) is 21.7 Å². The van der Waals surface area contributed by atoms with Gasteiger partial charge in [-0.15, -0.1) is 34.2 Å². The Morgan fingerprint density at radius 1 is 1.07 bits per heavy atom. The maximum absolute atomic E-state index is 11.6. The van der Waals surface area contributed by atoms with Gasteiger partial charge in [-0.25, -0.2) is 0 Å². The van der Waals surface area contributed by atoms with Crippen molar-refractivity contribution in [3.05, 3.63) is 65.6 Å². The Hall–Kier alpha value is -2.69. The van der Waals surface area contributed by atoms with Crippen molar-refractivity contribution in [3.8, 4) is 0 Å². The number of hydrogen-bond acceptors (Lipinski definition) is 4. The van der Waals surface area contributed by atoms with Crippen molar-refractivity contribution in [2.75, 3.05) is 14.1 Å². The van der Waals surface area contributed by atoms with Crippen molar-refractivity contribution in [2.24, 2.45) is 4.99 Å². The normalized spacial score (nSPS) is 11.0. The molecule has 142 valence electrons. The van der Waals surface area contributed by atoms with Crippen molar-refractivity contribution in [2.45, 2.75) is 13.1 Å². The molecule has 3 N–H and O–H groups in total. The summed E-state index contributed by atoms with van der Waals surface area (Å²) in [6.07, 6.45) is 1.93. The van der Waals surface area contributed by atoms with E-state index in [1.165, 1.54) is 0 Å². The predicted octanol–water partition coefficient (Wildman–Crippen LogP) is 1.57. The molecule has 0 saturated heterocycles. The number of aliphatic imine (C=N–C) groups is 1. The number of benzene rings is 1. The van der Waals surface area contributed by atoms with Crippen LogP contribution in [0.15, 0.2) is 53.7 Å². The van der Waals surface area contributed by atoms with Crippen molar-refractivity contribution in [1.29, 1.82) is 0 Å². The standard InChI is InChI=1S/C18H21N7O.HI/c1-19-17(26)14-8-6-13(7-9-14)11-21-18(20-2)22-12-16-24-23-15-5-3-4-10-25(15)16;/h3-10H,11-12H2,1-2H3,(H,19,26)(H2,20,21,22);1H. The van der Waals surface area contributed by atoms with Crippen molar-refractivity contribution in [1.82, 2.24) is 30.5 Å². The van der Waals surface area contributed by atoms with E-state index in [0.29, 0.717) is 24.6 Å². The SMILES string of the molecule is CN=C(NCc1ccc(C(=O)NC)cc1)NCc1nnc2ccccn12.I. The number of hydrogen-bond donors (Lipinski definition) is 3. The fraction of sp³-hybridized carbons (Fsp3) is 0.222. The van der Waals surface area contributed by atoms with Gasteiger partial charge in [0.25, 0.3) is 5.91 Å². The smallest absolute Gasteiger partial charge is 0.251 e. The minimum Gasteiger partial charge on any atom is -0.355 e. The third-order valence-corrected chi connectivity index (χ3v) is 3.93. The van der Waals surface area contributed by atoms with Gasteiger partial charge >= 0.3 is 0 Å². The van der Waals surface area contributed by atoms with Crippen LogP contribution in [-0.4, -0.2) is 40.6 Å². The Bertz CT molecular complexity index is 921. The summed E-state index contributed by atoms with van der Waals surface area (Å²) in [6, 6.07) is 13.2. The van der Waals surface area contributed by atoms with Gasteiger partial charge in [0.1, 0.15) is 0 Å². The molecular formula is C18H22IN7O. The molecule has 0 unspecified atom stereocenters. The molecule has 3 aromatic rings. The van der Waals surface area contributed by atoms with Crippen LogP contribution >= 0.6 is 24.0 Å². The lowest BCUT2D eigenvalue weighted by Crippen LogP contribution is -2.36. The van der Waals surface area contributed by atoms with Gasteiger partial charge in [-0.05, 0) is 29.8 Å². The average molecular weight is 479 g/mol. The summed E-state index contributed by atoms with van der Waals surface area (Å²) >= 11 is 0. The zero-order valence-electron chi connectivity index (χ0n) is 15.1. The first-order chi connectivity index (χ1) is 12.7. The molecular weight excluding hydrogens is 457 g/mol. The molecule has 0 spiro atoms. The molecule has 0 saturated carbocycles. The molecule has 2 aromatic heterocycles. The molecule has 0 radical (unpaired) electrons. The molecule has 0 fully saturated rings. The van der Waals surface area contributed by atoms with E-state index in [1.54, 1.807) is 26.2 Å². The maximum atomic E-state index is 11.6. The van der Waals surface area contributed by atoms with Gasteiger partial charge in [0.2, 0.25) is 0 Å². The van der Waals surface area contributed by atoms with Crippen molar-refractivity contribution in [3.63, 3.8) is 0 Å². The lowest BCUT2D eigenvalue weighted by Gasteiger charge is -2.11. The maximum Gasteiger partial charge on any atom is 0.251 e. The van der Waals surface area contributed by atoms with Crippen molar-refractivity contribution >= 4 is 41.5 Å². The topological polar surface area (TPSA) is 95.7 Å². The Morgan fingerprint density at radius 3 is 2.52 bits per heavy atom. The summed E-state index contributed by atoms with van der Waals surface area (Å²) in [7, 11) is 3.33. The molecule has 1 amide bonds. The van der Waals surface area contributed by atoms with Gasteiger partial charge in [-0.1, -0.05) is 18.2 Å². The highest BCUT2D eigenvalue weighted by molar-refractivity contribution is 14.0. The number of aromatic nitrogens is 3. The molecule has 27 heavy (non-hydrogen) atoms. The highest BCUT2D eigenvalue weighted by Gasteiger charge is 2.06. The van der Waals surface area contributed by atoms with Crippen LogP contribution in [0.2, 0.25) is 0 Å². The summed E-state index contributed by atoms with van der Waals surface area (Å²) in [5, 5.41) is 17.4. The fourth-order valence-corrected chi connectivity index (χ4v) is 2.50. The highest BCUT2D eigenvalue weighted by Crippen LogP contribution is 2.05. The van der Waals surface area contributed by atoms with E-state index in [1.807, 2.05) is 40.9 Å². The second kappa shape index (κ2) is 9.86. The van der Waals surface area contributed by atoms with Crippen LogP contribution in [0.5, 0.6) is 0 Å². The van der Waals surface area contributed by atoms with Crippen LogP contribution in [0.3, 0.4) is 0 Å². The Morgan fingerprint density at radius 2 is 1.81 bits per heavy atom. The molecule has 0 aliphatic heterocycles. The fourth-order valence-electron chi connectivity index (χ4n) is 2.50. The molecule has 2 heterocycles. The minimum atomic E-state index is -0.0949. The number of guanidine groups is 1. The second-order valence-corrected chi connectivity index (χ2v) is 5.60. The van der Waals surface area contributed by atoms with E-state index in [4.69, 9.17) is 0 Å². The predicted molar refractivity (Wildman–Crippen MR) is 115 cm³/mol. The Kier molecular flexibility index (Phi) is 7.53. The quantitative estimate of drug-likeness (QED) is 0.294. The van der Waals surface area contributed by atoms with Gasteiger partial charge in [-0.3, -0.25) is 14.2 Å².